The van der Waals surface area contributed by atoms with Gasteiger partial charge in [-0.3, -0.25) is 14.5 Å². The van der Waals surface area contributed by atoms with Crippen LogP contribution in [0.5, 0.6) is 5.75 Å². The third-order valence-electron chi connectivity index (χ3n) is 4.45. The maximum Gasteiger partial charge on any atom is 0.433 e. The number of alkyl halides is 3. The molecule has 0 unspecified atom stereocenters. The smallest absolute Gasteiger partial charge is 0.433 e. The van der Waals surface area contributed by atoms with E-state index in [0.717, 1.165) is 23.9 Å². The zero-order chi connectivity index (χ0) is 27.3. The minimum atomic E-state index is -4.51. The fourth-order valence-electron chi connectivity index (χ4n) is 2.70. The van der Waals surface area contributed by atoms with Gasteiger partial charge < -0.3 is 15.6 Å². The Morgan fingerprint density at radius 3 is 2.19 bits per heavy atom. The molecule has 3 rings (SSSR count). The van der Waals surface area contributed by atoms with Crippen LogP contribution in [-0.2, 0) is 27.6 Å². The standard InChI is InChI=1S/C18H12F3NO3.C5H11N2O3S/c19-18(20,21)15-8-5-11(9-22-15)10-25-16-13-4-2-1-3-12(13)6-7-14(16)17(23)24;1-5(2,6)4(8)7-11(3,9)10/h1-9H,10H2,(H,23,24);6H,1-3H3,(H,7,8)/q;-1. The number of hydrogen-bond donors (Lipinski definition) is 2. The first-order valence-corrected chi connectivity index (χ1v) is 12.1. The lowest BCUT2D eigenvalue weighted by Crippen LogP contribution is -2.41. The SMILES string of the molecule is CC(C)([NH-])C(=O)NS(C)(=O)=O.O=C(O)c1ccc2ccccc2c1OCc1ccc(C(F)(F)F)nc1. The van der Waals surface area contributed by atoms with Crippen LogP contribution in [0.1, 0.15) is 35.5 Å². The Labute approximate surface area is 205 Å². The molecule has 1 amide bonds. The van der Waals surface area contributed by atoms with Gasteiger partial charge in [-0.1, -0.05) is 50.2 Å². The van der Waals surface area contributed by atoms with Crippen LogP contribution in [0.3, 0.4) is 0 Å². The normalized spacial score (nSPS) is 11.9. The maximum atomic E-state index is 12.5. The summed E-state index contributed by atoms with van der Waals surface area (Å²) in [6.45, 7) is 2.53. The number of carbonyl (C=O) groups excluding carboxylic acids is 1. The summed E-state index contributed by atoms with van der Waals surface area (Å²) < 4.78 is 65.9. The molecular weight excluding hydrogens is 503 g/mol. The Morgan fingerprint density at radius 2 is 1.72 bits per heavy atom. The van der Waals surface area contributed by atoms with E-state index in [1.807, 2.05) is 12.1 Å². The Morgan fingerprint density at radius 1 is 1.08 bits per heavy atom. The summed E-state index contributed by atoms with van der Waals surface area (Å²) in [7, 11) is -3.53. The Balaban J connectivity index is 0.000000352. The van der Waals surface area contributed by atoms with Crippen LogP contribution in [0.2, 0.25) is 0 Å². The van der Waals surface area contributed by atoms with Crippen molar-refractivity contribution < 1.29 is 41.0 Å². The lowest BCUT2D eigenvalue weighted by molar-refractivity contribution is -0.141. The van der Waals surface area contributed by atoms with Gasteiger partial charge in [0.15, 0.2) is 0 Å². The molecule has 36 heavy (non-hydrogen) atoms. The zero-order valence-corrected chi connectivity index (χ0v) is 20.2. The maximum absolute atomic E-state index is 12.5. The van der Waals surface area contributed by atoms with Crippen LogP contribution in [-0.4, -0.2) is 42.2 Å². The van der Waals surface area contributed by atoms with Gasteiger partial charge in [0.1, 0.15) is 23.6 Å². The van der Waals surface area contributed by atoms with Gasteiger partial charge in [0.25, 0.3) is 0 Å². The quantitative estimate of drug-likeness (QED) is 0.483. The number of carboxylic acids is 1. The molecule has 0 aliphatic heterocycles. The van der Waals surface area contributed by atoms with E-state index in [0.29, 0.717) is 10.9 Å². The summed E-state index contributed by atoms with van der Waals surface area (Å²) in [4.78, 5) is 25.6. The van der Waals surface area contributed by atoms with Crippen molar-refractivity contribution in [2.45, 2.75) is 32.2 Å². The van der Waals surface area contributed by atoms with E-state index in [1.165, 1.54) is 26.0 Å². The molecular formula is C23H23F3N3O6S-. The van der Waals surface area contributed by atoms with E-state index < -0.39 is 39.3 Å². The highest BCUT2D eigenvalue weighted by Crippen LogP contribution is 2.31. The lowest BCUT2D eigenvalue weighted by Gasteiger charge is -2.26. The van der Waals surface area contributed by atoms with Crippen molar-refractivity contribution in [3.05, 3.63) is 77.3 Å². The molecule has 0 aliphatic rings. The van der Waals surface area contributed by atoms with Crippen molar-refractivity contribution >= 4 is 32.7 Å². The minimum Gasteiger partial charge on any atom is -0.664 e. The predicted molar refractivity (Wildman–Crippen MR) is 126 cm³/mol. The Bertz CT molecular complexity index is 1350. The molecule has 0 saturated carbocycles. The fourth-order valence-corrected chi connectivity index (χ4v) is 3.29. The number of amides is 1. The predicted octanol–water partition coefficient (Wildman–Crippen LogP) is 4.42. The molecule has 2 aromatic carbocycles. The first kappa shape index (κ1) is 28.5. The number of sulfonamides is 1. The minimum absolute atomic E-state index is 0.0152. The number of nitrogens with one attached hydrogen (secondary N) is 2. The first-order valence-electron chi connectivity index (χ1n) is 10.2. The van der Waals surface area contributed by atoms with Crippen molar-refractivity contribution in [1.29, 1.82) is 0 Å². The Hall–Kier alpha value is -3.71. The van der Waals surface area contributed by atoms with E-state index in [9.17, 15) is 36.3 Å². The molecule has 13 heteroatoms. The second-order valence-corrected chi connectivity index (χ2v) is 9.88. The number of ether oxygens (including phenoxy) is 1. The molecule has 0 bridgehead atoms. The monoisotopic (exact) mass is 526 g/mol. The van der Waals surface area contributed by atoms with Crippen LogP contribution < -0.4 is 9.46 Å². The van der Waals surface area contributed by atoms with Crippen molar-refractivity contribution in [2.75, 3.05) is 6.26 Å². The van der Waals surface area contributed by atoms with Gasteiger partial charge >= 0.3 is 12.1 Å². The molecule has 0 aliphatic carbocycles. The molecule has 3 aromatic rings. The average molecular weight is 527 g/mol. The van der Waals surface area contributed by atoms with Crippen LogP contribution in [0.25, 0.3) is 16.5 Å². The van der Waals surface area contributed by atoms with Crippen molar-refractivity contribution in [2.24, 2.45) is 0 Å². The third kappa shape index (κ3) is 8.20. The highest BCUT2D eigenvalue weighted by molar-refractivity contribution is 7.89. The van der Waals surface area contributed by atoms with Crippen LogP contribution in [0, 0.1) is 0 Å². The number of aromatic carboxylic acids is 1. The molecule has 1 heterocycles. The highest BCUT2D eigenvalue weighted by atomic mass is 32.2. The van der Waals surface area contributed by atoms with Crippen LogP contribution in [0.15, 0.2) is 54.7 Å². The number of halogens is 3. The lowest BCUT2D eigenvalue weighted by atomic mass is 10.1. The largest absolute Gasteiger partial charge is 0.664 e. The molecule has 0 saturated heterocycles. The van der Waals surface area contributed by atoms with E-state index in [2.05, 4.69) is 4.98 Å². The molecule has 0 spiro atoms. The molecule has 1 aromatic heterocycles. The van der Waals surface area contributed by atoms with E-state index in [4.69, 9.17) is 10.5 Å². The number of carboxylic acid groups (broad SMARTS) is 1. The van der Waals surface area contributed by atoms with Crippen LogP contribution in [0.4, 0.5) is 13.2 Å². The molecule has 194 valence electrons. The number of hydrogen-bond acceptors (Lipinski definition) is 6. The summed E-state index contributed by atoms with van der Waals surface area (Å²) in [6.07, 6.45) is -2.57. The molecule has 0 atom stereocenters. The number of pyridine rings is 1. The summed E-state index contributed by atoms with van der Waals surface area (Å²) in [5.74, 6) is -1.79. The summed E-state index contributed by atoms with van der Waals surface area (Å²) in [5.41, 5.74) is 5.12. The van der Waals surface area contributed by atoms with Gasteiger partial charge in [-0.2, -0.15) is 13.2 Å². The summed E-state index contributed by atoms with van der Waals surface area (Å²) in [5, 5.41) is 10.7. The van der Waals surface area contributed by atoms with Gasteiger partial charge in [-0.15, -0.1) is 0 Å². The van der Waals surface area contributed by atoms with E-state index in [-0.39, 0.29) is 17.9 Å². The Kier molecular flexibility index (Phi) is 8.65. The van der Waals surface area contributed by atoms with Gasteiger partial charge in [-0.25, -0.2) is 13.2 Å². The number of nitrogens with zero attached hydrogens (tertiary/aromatic N) is 1. The molecule has 3 N–H and O–H groups in total. The van der Waals surface area contributed by atoms with Crippen molar-refractivity contribution in [3.63, 3.8) is 0 Å². The van der Waals surface area contributed by atoms with Crippen molar-refractivity contribution in [3.8, 4) is 5.75 Å². The van der Waals surface area contributed by atoms with Gasteiger partial charge in [0, 0.05) is 17.1 Å². The van der Waals surface area contributed by atoms with Gasteiger partial charge in [-0.05, 0) is 23.1 Å². The number of fused-ring (bicyclic) bond motifs is 1. The third-order valence-corrected chi connectivity index (χ3v) is 5.01. The highest BCUT2D eigenvalue weighted by Gasteiger charge is 2.32. The number of aromatic nitrogens is 1. The summed E-state index contributed by atoms with van der Waals surface area (Å²) >= 11 is 0. The van der Waals surface area contributed by atoms with Gasteiger partial charge in [0.05, 0.1) is 6.26 Å². The van der Waals surface area contributed by atoms with Crippen molar-refractivity contribution in [1.82, 2.24) is 9.71 Å². The second kappa shape index (κ2) is 10.9. The molecule has 0 radical (unpaired) electrons. The number of benzene rings is 2. The van der Waals surface area contributed by atoms with Gasteiger partial charge in [0.2, 0.25) is 15.9 Å². The molecule has 9 nitrogen and oxygen atoms in total. The zero-order valence-electron chi connectivity index (χ0n) is 19.4. The second-order valence-electron chi connectivity index (χ2n) is 8.14. The topological polar surface area (TPSA) is 146 Å². The van der Waals surface area contributed by atoms with E-state index in [1.54, 1.807) is 22.9 Å². The average Bonchev–Trinajstić information content (AvgIpc) is 2.75. The number of rotatable bonds is 6. The summed E-state index contributed by atoms with van der Waals surface area (Å²) in [6, 6.07) is 12.3. The van der Waals surface area contributed by atoms with E-state index >= 15 is 0 Å². The number of carbonyl (C=O) groups is 2. The van der Waals surface area contributed by atoms with Crippen LogP contribution >= 0.6 is 0 Å². The fraction of sp³-hybridized carbons (Fsp3) is 0.261. The molecule has 0 fully saturated rings. The first-order chi connectivity index (χ1) is 16.5.